The first-order valence-corrected chi connectivity index (χ1v) is 12.1. The summed E-state index contributed by atoms with van der Waals surface area (Å²) in [6.07, 6.45) is 0. The van der Waals surface area contributed by atoms with Gasteiger partial charge < -0.3 is 9.29 Å². The molecule has 0 saturated carbocycles. The standard InChI is InChI=1S/C26H25F3O5S.Na/c1-24(2,22(19-12-6-3-7-13-19)20-14-8-4-9-15-20)26(29,21-16-10-5-11-17-21)23(30)34-18-25(27,28)35(31,32)33;/h3-17,22H,18H2,1-2H3,(H,31,32,33);/q;+1/p-1. The number of carbonyl (C=O) groups is 1. The third-order valence-electron chi connectivity index (χ3n) is 6.07. The summed E-state index contributed by atoms with van der Waals surface area (Å²) in [7, 11) is -6.13. The fourth-order valence-electron chi connectivity index (χ4n) is 4.26. The zero-order valence-electron chi connectivity index (χ0n) is 20.0. The maximum absolute atomic E-state index is 17.2. The molecule has 36 heavy (non-hydrogen) atoms. The van der Waals surface area contributed by atoms with Crippen molar-refractivity contribution in [3.05, 3.63) is 108 Å². The van der Waals surface area contributed by atoms with Gasteiger partial charge in [-0.05, 0) is 11.1 Å². The van der Waals surface area contributed by atoms with E-state index in [1.807, 2.05) is 0 Å². The molecule has 0 N–H and O–H groups in total. The predicted octanol–water partition coefficient (Wildman–Crippen LogP) is 2.39. The molecule has 3 aromatic carbocycles. The molecule has 0 spiro atoms. The number of ether oxygens (including phenoxy) is 1. The molecule has 0 aliphatic carbocycles. The SMILES string of the molecule is CC(C)(C(c1ccccc1)c1ccccc1)C(F)(C(=O)OCC(F)(F)S(=O)(=O)[O-])c1ccccc1.[Na+]. The van der Waals surface area contributed by atoms with Gasteiger partial charge in [0, 0.05) is 16.9 Å². The van der Waals surface area contributed by atoms with Crippen molar-refractivity contribution in [2.45, 2.75) is 30.7 Å². The minimum atomic E-state index is -6.13. The van der Waals surface area contributed by atoms with Crippen LogP contribution in [0.2, 0.25) is 0 Å². The van der Waals surface area contributed by atoms with E-state index in [9.17, 15) is 26.5 Å². The van der Waals surface area contributed by atoms with Crippen LogP contribution in [0.5, 0.6) is 0 Å². The number of hydrogen-bond donors (Lipinski definition) is 0. The van der Waals surface area contributed by atoms with Crippen molar-refractivity contribution in [2.75, 3.05) is 6.61 Å². The van der Waals surface area contributed by atoms with E-state index in [0.717, 1.165) is 0 Å². The van der Waals surface area contributed by atoms with Crippen molar-refractivity contribution < 1.29 is 65.2 Å². The van der Waals surface area contributed by atoms with Crippen LogP contribution >= 0.6 is 0 Å². The molecule has 0 amide bonds. The molecule has 0 fully saturated rings. The quantitative estimate of drug-likeness (QED) is 0.242. The number of benzene rings is 3. The zero-order chi connectivity index (χ0) is 25.9. The summed E-state index contributed by atoms with van der Waals surface area (Å²) in [4.78, 5) is 13.2. The van der Waals surface area contributed by atoms with Crippen LogP contribution in [0.15, 0.2) is 91.0 Å². The number of alkyl halides is 3. The fraction of sp³-hybridized carbons (Fsp3) is 0.269. The van der Waals surface area contributed by atoms with E-state index in [2.05, 4.69) is 4.74 Å². The van der Waals surface area contributed by atoms with Gasteiger partial charge in [-0.25, -0.2) is 17.6 Å². The summed E-state index contributed by atoms with van der Waals surface area (Å²) in [5, 5.41) is -4.91. The summed E-state index contributed by atoms with van der Waals surface area (Å²) in [5.74, 6) is -2.49. The van der Waals surface area contributed by atoms with Crippen molar-refractivity contribution in [3.63, 3.8) is 0 Å². The van der Waals surface area contributed by atoms with E-state index < -0.39 is 45.0 Å². The van der Waals surface area contributed by atoms with Crippen molar-refractivity contribution in [3.8, 4) is 0 Å². The van der Waals surface area contributed by atoms with Crippen molar-refractivity contribution >= 4 is 16.1 Å². The van der Waals surface area contributed by atoms with Crippen LogP contribution in [0.25, 0.3) is 0 Å². The summed E-state index contributed by atoms with van der Waals surface area (Å²) >= 11 is 0. The average molecular weight is 529 g/mol. The zero-order valence-corrected chi connectivity index (χ0v) is 22.8. The summed E-state index contributed by atoms with van der Waals surface area (Å²) in [6, 6.07) is 24.8. The van der Waals surface area contributed by atoms with Crippen molar-refractivity contribution in [1.82, 2.24) is 0 Å². The van der Waals surface area contributed by atoms with Gasteiger partial charge in [0.25, 0.3) is 0 Å². The van der Waals surface area contributed by atoms with Gasteiger partial charge in [0.1, 0.15) is 0 Å². The second-order valence-corrected chi connectivity index (χ2v) is 10.2. The molecular weight excluding hydrogens is 504 g/mol. The van der Waals surface area contributed by atoms with Gasteiger partial charge in [-0.1, -0.05) is 105 Å². The number of carbonyl (C=O) groups excluding carboxylic acids is 1. The van der Waals surface area contributed by atoms with Gasteiger partial charge in [-0.2, -0.15) is 8.78 Å². The molecule has 3 rings (SSSR count). The Balaban J connectivity index is 0.00000456. The van der Waals surface area contributed by atoms with Crippen LogP contribution in [0.4, 0.5) is 13.2 Å². The van der Waals surface area contributed by atoms with Crippen LogP contribution in [0.3, 0.4) is 0 Å². The van der Waals surface area contributed by atoms with E-state index in [1.165, 1.54) is 38.1 Å². The van der Waals surface area contributed by atoms with Crippen LogP contribution in [0.1, 0.15) is 36.5 Å². The third-order valence-corrected chi connectivity index (χ3v) is 6.91. The molecule has 1 atom stereocenters. The summed E-state index contributed by atoms with van der Waals surface area (Å²) in [6.45, 7) is 0.830. The smallest absolute Gasteiger partial charge is 0.743 e. The van der Waals surface area contributed by atoms with E-state index >= 15 is 4.39 Å². The number of esters is 1. The van der Waals surface area contributed by atoms with Gasteiger partial charge in [0.05, 0.1) is 0 Å². The second-order valence-electron chi connectivity index (χ2n) is 8.67. The molecule has 0 radical (unpaired) electrons. The molecule has 3 aromatic rings. The summed E-state index contributed by atoms with van der Waals surface area (Å²) < 4.78 is 81.9. The minimum absolute atomic E-state index is 0. The normalized spacial score (nSPS) is 14.0. The fourth-order valence-corrected chi connectivity index (χ4v) is 4.46. The van der Waals surface area contributed by atoms with Crippen LogP contribution in [-0.4, -0.2) is 30.8 Å². The van der Waals surface area contributed by atoms with Crippen molar-refractivity contribution in [2.24, 2.45) is 5.41 Å². The van der Waals surface area contributed by atoms with E-state index in [4.69, 9.17) is 0 Å². The number of hydrogen-bond acceptors (Lipinski definition) is 5. The first-order chi connectivity index (χ1) is 16.3. The number of halogens is 3. The molecule has 1 unspecified atom stereocenters. The van der Waals surface area contributed by atoms with Gasteiger partial charge in [-0.3, -0.25) is 0 Å². The Morgan fingerprint density at radius 1 is 0.833 bits per heavy atom. The molecule has 0 aliphatic rings. The maximum atomic E-state index is 17.2. The Morgan fingerprint density at radius 3 is 1.61 bits per heavy atom. The molecular formula is C26H24F3NaO5S. The second kappa shape index (κ2) is 11.5. The molecule has 0 heterocycles. The molecule has 186 valence electrons. The average Bonchev–Trinajstić information content (AvgIpc) is 2.83. The Bertz CT molecular complexity index is 1220. The summed E-state index contributed by atoms with van der Waals surface area (Å²) in [5.41, 5.74) is -3.53. The Labute approximate surface area is 230 Å². The van der Waals surface area contributed by atoms with Gasteiger partial charge >= 0.3 is 40.8 Å². The van der Waals surface area contributed by atoms with E-state index in [-0.39, 0.29) is 35.1 Å². The largest absolute Gasteiger partial charge is 1.00 e. The van der Waals surface area contributed by atoms with Crippen LogP contribution in [0, 0.1) is 5.41 Å². The first-order valence-electron chi connectivity index (χ1n) is 10.7. The van der Waals surface area contributed by atoms with Crippen LogP contribution < -0.4 is 29.6 Å². The maximum Gasteiger partial charge on any atom is 1.00 e. The molecule has 0 aromatic heterocycles. The van der Waals surface area contributed by atoms with Gasteiger partial charge in [0.2, 0.25) is 5.67 Å². The molecule has 5 nitrogen and oxygen atoms in total. The van der Waals surface area contributed by atoms with E-state index in [0.29, 0.717) is 11.1 Å². The Morgan fingerprint density at radius 2 is 1.22 bits per heavy atom. The first kappa shape index (κ1) is 30.1. The predicted molar refractivity (Wildman–Crippen MR) is 123 cm³/mol. The molecule has 10 heteroatoms. The molecule has 0 aliphatic heterocycles. The molecule has 0 bridgehead atoms. The van der Waals surface area contributed by atoms with Crippen molar-refractivity contribution in [1.29, 1.82) is 0 Å². The van der Waals surface area contributed by atoms with Crippen LogP contribution in [-0.2, 0) is 25.3 Å². The number of rotatable bonds is 9. The molecule has 0 saturated heterocycles. The Hall–Kier alpha value is -2.17. The minimum Gasteiger partial charge on any atom is -0.743 e. The monoisotopic (exact) mass is 528 g/mol. The Kier molecular flexibility index (Phi) is 9.58. The topological polar surface area (TPSA) is 83.5 Å². The van der Waals surface area contributed by atoms with E-state index in [1.54, 1.807) is 66.7 Å². The third kappa shape index (κ3) is 5.86. The van der Waals surface area contributed by atoms with Gasteiger partial charge in [0.15, 0.2) is 16.7 Å². The van der Waals surface area contributed by atoms with Gasteiger partial charge in [-0.15, -0.1) is 0 Å².